The zero-order chi connectivity index (χ0) is 18.2. The highest BCUT2D eigenvalue weighted by molar-refractivity contribution is 5.91. The first-order valence-corrected chi connectivity index (χ1v) is 8.71. The second-order valence-electron chi connectivity index (χ2n) is 6.27. The van der Waals surface area contributed by atoms with Crippen LogP contribution in [0.2, 0.25) is 0 Å². The highest BCUT2D eigenvalue weighted by atomic mass is 16.6. The second kappa shape index (κ2) is 9.27. The van der Waals surface area contributed by atoms with Crippen LogP contribution in [0.15, 0.2) is 24.3 Å². The standard InChI is InChI=1S/C18H28N4O3/c1-4-25-18(24)22-13-11-21(12-14-22)10-9-17(23)19-15-5-7-16(8-6-15)20(2)3/h5-8H,4,9-14H2,1-3H3,(H,19,23). The molecule has 1 aliphatic rings. The molecule has 1 saturated heterocycles. The van der Waals surface area contributed by atoms with E-state index in [1.807, 2.05) is 43.3 Å². The van der Waals surface area contributed by atoms with E-state index in [-0.39, 0.29) is 12.0 Å². The highest BCUT2D eigenvalue weighted by Gasteiger charge is 2.21. The minimum atomic E-state index is -0.249. The number of carbonyl (C=O) groups excluding carboxylic acids is 2. The normalized spacial score (nSPS) is 14.9. The molecule has 0 atom stereocenters. The van der Waals surface area contributed by atoms with E-state index in [0.29, 0.717) is 32.7 Å². The van der Waals surface area contributed by atoms with Gasteiger partial charge in [-0.2, -0.15) is 0 Å². The van der Waals surface area contributed by atoms with Crippen molar-refractivity contribution < 1.29 is 14.3 Å². The van der Waals surface area contributed by atoms with Gasteiger partial charge in [0, 0.05) is 64.6 Å². The number of rotatable bonds is 6. The summed E-state index contributed by atoms with van der Waals surface area (Å²) in [5.74, 6) is 0.00502. The molecule has 7 nitrogen and oxygen atoms in total. The Morgan fingerprint density at radius 2 is 1.76 bits per heavy atom. The van der Waals surface area contributed by atoms with Crippen molar-refractivity contribution in [2.45, 2.75) is 13.3 Å². The first kappa shape index (κ1) is 19.1. The van der Waals surface area contributed by atoms with Crippen LogP contribution in [0.25, 0.3) is 0 Å². The van der Waals surface area contributed by atoms with Crippen LogP contribution < -0.4 is 10.2 Å². The monoisotopic (exact) mass is 348 g/mol. The number of hydrogen-bond donors (Lipinski definition) is 1. The Labute approximate surface area is 149 Å². The average Bonchev–Trinajstić information content (AvgIpc) is 2.61. The number of piperazine rings is 1. The molecule has 1 aromatic carbocycles. The van der Waals surface area contributed by atoms with Crippen molar-refractivity contribution >= 4 is 23.4 Å². The first-order valence-electron chi connectivity index (χ1n) is 8.71. The van der Waals surface area contributed by atoms with Crippen molar-refractivity contribution in [2.75, 3.05) is 63.6 Å². The summed E-state index contributed by atoms with van der Waals surface area (Å²) in [4.78, 5) is 29.7. The number of hydrogen-bond acceptors (Lipinski definition) is 5. The molecule has 0 aromatic heterocycles. The Balaban J connectivity index is 1.69. The number of ether oxygens (including phenoxy) is 1. The predicted octanol–water partition coefficient (Wildman–Crippen LogP) is 1.86. The van der Waals surface area contributed by atoms with Crippen LogP contribution >= 0.6 is 0 Å². The molecule has 1 fully saturated rings. The average molecular weight is 348 g/mol. The molecular weight excluding hydrogens is 320 g/mol. The van der Waals surface area contributed by atoms with Crippen molar-refractivity contribution in [3.63, 3.8) is 0 Å². The molecule has 2 rings (SSSR count). The van der Waals surface area contributed by atoms with Gasteiger partial charge in [0.05, 0.1) is 6.61 Å². The van der Waals surface area contributed by atoms with E-state index in [4.69, 9.17) is 4.74 Å². The van der Waals surface area contributed by atoms with E-state index in [9.17, 15) is 9.59 Å². The van der Waals surface area contributed by atoms with Gasteiger partial charge >= 0.3 is 6.09 Å². The fraction of sp³-hybridized carbons (Fsp3) is 0.556. The number of benzene rings is 1. The maximum atomic E-state index is 12.1. The number of amides is 2. The lowest BCUT2D eigenvalue weighted by molar-refractivity contribution is -0.116. The Morgan fingerprint density at radius 3 is 2.32 bits per heavy atom. The van der Waals surface area contributed by atoms with Crippen molar-refractivity contribution in [1.29, 1.82) is 0 Å². The molecule has 0 unspecified atom stereocenters. The van der Waals surface area contributed by atoms with Gasteiger partial charge in [0.15, 0.2) is 0 Å². The topological polar surface area (TPSA) is 65.1 Å². The molecular formula is C18H28N4O3. The van der Waals surface area contributed by atoms with Crippen molar-refractivity contribution in [3.8, 4) is 0 Å². The Bertz CT molecular complexity index is 566. The van der Waals surface area contributed by atoms with Gasteiger partial charge in [-0.25, -0.2) is 4.79 Å². The molecule has 0 aliphatic carbocycles. The van der Waals surface area contributed by atoms with Gasteiger partial charge in [0.1, 0.15) is 0 Å². The smallest absolute Gasteiger partial charge is 0.409 e. The van der Waals surface area contributed by atoms with Crippen LogP contribution in [0.1, 0.15) is 13.3 Å². The number of carbonyl (C=O) groups is 2. The zero-order valence-electron chi connectivity index (χ0n) is 15.3. The summed E-state index contributed by atoms with van der Waals surface area (Å²) in [6, 6.07) is 7.77. The molecule has 0 spiro atoms. The van der Waals surface area contributed by atoms with Gasteiger partial charge in [-0.1, -0.05) is 0 Å². The van der Waals surface area contributed by atoms with Gasteiger partial charge in [-0.3, -0.25) is 9.69 Å². The molecule has 138 valence electrons. The number of anilines is 2. The fourth-order valence-corrected chi connectivity index (χ4v) is 2.69. The maximum absolute atomic E-state index is 12.1. The van der Waals surface area contributed by atoms with Crippen LogP contribution in [0.4, 0.5) is 16.2 Å². The van der Waals surface area contributed by atoms with E-state index in [1.165, 1.54) is 0 Å². The van der Waals surface area contributed by atoms with E-state index >= 15 is 0 Å². The molecule has 7 heteroatoms. The van der Waals surface area contributed by atoms with Crippen LogP contribution in [-0.4, -0.2) is 75.2 Å². The van der Waals surface area contributed by atoms with Crippen LogP contribution in [-0.2, 0) is 9.53 Å². The summed E-state index contributed by atoms with van der Waals surface area (Å²) < 4.78 is 5.01. The lowest BCUT2D eigenvalue weighted by atomic mass is 10.2. The molecule has 1 aromatic rings. The third-order valence-electron chi connectivity index (χ3n) is 4.22. The first-order chi connectivity index (χ1) is 12.0. The van der Waals surface area contributed by atoms with E-state index in [2.05, 4.69) is 10.2 Å². The lowest BCUT2D eigenvalue weighted by Crippen LogP contribution is -2.49. The Morgan fingerprint density at radius 1 is 1.12 bits per heavy atom. The van der Waals surface area contributed by atoms with Crippen LogP contribution in [0.3, 0.4) is 0 Å². The van der Waals surface area contributed by atoms with Gasteiger partial charge in [0.2, 0.25) is 5.91 Å². The van der Waals surface area contributed by atoms with Crippen molar-refractivity contribution in [2.24, 2.45) is 0 Å². The summed E-state index contributed by atoms with van der Waals surface area (Å²) in [6.45, 7) is 5.72. The molecule has 1 heterocycles. The van der Waals surface area contributed by atoms with E-state index in [0.717, 1.165) is 24.5 Å². The number of nitrogens with zero attached hydrogens (tertiary/aromatic N) is 3. The van der Waals surface area contributed by atoms with Gasteiger partial charge < -0.3 is 19.9 Å². The van der Waals surface area contributed by atoms with Crippen molar-refractivity contribution in [1.82, 2.24) is 9.80 Å². The van der Waals surface area contributed by atoms with E-state index < -0.39 is 0 Å². The van der Waals surface area contributed by atoms with Gasteiger partial charge in [-0.05, 0) is 31.2 Å². The Hall–Kier alpha value is -2.28. The third-order valence-corrected chi connectivity index (χ3v) is 4.22. The molecule has 25 heavy (non-hydrogen) atoms. The van der Waals surface area contributed by atoms with Gasteiger partial charge in [0.25, 0.3) is 0 Å². The SMILES string of the molecule is CCOC(=O)N1CCN(CCC(=O)Nc2ccc(N(C)C)cc2)CC1. The molecule has 0 radical (unpaired) electrons. The van der Waals surface area contributed by atoms with Crippen LogP contribution in [0, 0.1) is 0 Å². The molecule has 1 N–H and O–H groups in total. The summed E-state index contributed by atoms with van der Waals surface area (Å²) in [7, 11) is 3.96. The summed E-state index contributed by atoms with van der Waals surface area (Å²) in [5, 5.41) is 2.92. The second-order valence-corrected chi connectivity index (χ2v) is 6.27. The van der Waals surface area contributed by atoms with Crippen molar-refractivity contribution in [3.05, 3.63) is 24.3 Å². The molecule has 0 bridgehead atoms. The summed E-state index contributed by atoms with van der Waals surface area (Å²) in [6.07, 6.45) is 0.190. The van der Waals surface area contributed by atoms with Gasteiger partial charge in [-0.15, -0.1) is 0 Å². The lowest BCUT2D eigenvalue weighted by Gasteiger charge is -2.33. The fourth-order valence-electron chi connectivity index (χ4n) is 2.69. The largest absolute Gasteiger partial charge is 0.450 e. The summed E-state index contributed by atoms with van der Waals surface area (Å²) in [5.41, 5.74) is 1.90. The van der Waals surface area contributed by atoms with E-state index in [1.54, 1.807) is 11.8 Å². The molecule has 0 saturated carbocycles. The number of nitrogens with one attached hydrogen (secondary N) is 1. The molecule has 2 amide bonds. The predicted molar refractivity (Wildman–Crippen MR) is 99.1 cm³/mol. The Kier molecular flexibility index (Phi) is 7.06. The van der Waals surface area contributed by atoms with Crippen LogP contribution in [0.5, 0.6) is 0 Å². The minimum absolute atomic E-state index is 0.00502. The highest BCUT2D eigenvalue weighted by Crippen LogP contribution is 2.15. The third kappa shape index (κ3) is 5.94. The summed E-state index contributed by atoms with van der Waals surface area (Å²) >= 11 is 0. The minimum Gasteiger partial charge on any atom is -0.450 e. The molecule has 1 aliphatic heterocycles. The maximum Gasteiger partial charge on any atom is 0.409 e. The quantitative estimate of drug-likeness (QED) is 0.850. The zero-order valence-corrected chi connectivity index (χ0v) is 15.3.